The summed E-state index contributed by atoms with van der Waals surface area (Å²) in [5, 5.41) is 9.93. The van der Waals surface area contributed by atoms with Gasteiger partial charge in [0.2, 0.25) is 0 Å². The molecule has 0 amide bonds. The van der Waals surface area contributed by atoms with E-state index < -0.39 is 5.97 Å². The zero-order valence-corrected chi connectivity index (χ0v) is 11.9. The number of likely N-dealkylation sites (tertiary alicyclic amines) is 1. The van der Waals surface area contributed by atoms with Gasteiger partial charge in [-0.1, -0.05) is 0 Å². The second-order valence-electron chi connectivity index (χ2n) is 4.02. The van der Waals surface area contributed by atoms with Crippen LogP contribution in [0.1, 0.15) is 17.7 Å². The normalized spacial score (nSPS) is 20.7. The monoisotopic (exact) mass is 319 g/mol. The van der Waals surface area contributed by atoms with Gasteiger partial charge in [0, 0.05) is 11.4 Å². The Morgan fingerprint density at radius 3 is 3.12 bits per heavy atom. The van der Waals surface area contributed by atoms with Crippen molar-refractivity contribution >= 4 is 33.2 Å². The number of halogens is 1. The number of rotatable bonds is 4. The molecule has 1 fully saturated rings. The molecule has 2 heterocycles. The lowest BCUT2D eigenvalue weighted by atomic mass is 10.2. The van der Waals surface area contributed by atoms with Crippen molar-refractivity contribution in [2.45, 2.75) is 25.4 Å². The van der Waals surface area contributed by atoms with E-state index in [2.05, 4.69) is 15.9 Å². The van der Waals surface area contributed by atoms with E-state index in [-0.39, 0.29) is 6.04 Å². The maximum atomic E-state index is 11.1. The molecule has 6 heteroatoms. The molecule has 17 heavy (non-hydrogen) atoms. The van der Waals surface area contributed by atoms with Crippen molar-refractivity contribution in [1.29, 1.82) is 0 Å². The van der Waals surface area contributed by atoms with Crippen LogP contribution in [0, 0.1) is 0 Å². The molecular formula is C11H14BrNO3S. The Labute approximate surface area is 112 Å². The van der Waals surface area contributed by atoms with Crippen LogP contribution in [0.15, 0.2) is 10.5 Å². The van der Waals surface area contributed by atoms with E-state index in [1.165, 1.54) is 0 Å². The smallest absolute Gasteiger partial charge is 0.320 e. The number of hydrogen-bond acceptors (Lipinski definition) is 4. The Kier molecular flexibility index (Phi) is 4.06. The van der Waals surface area contributed by atoms with Gasteiger partial charge in [0.15, 0.2) is 5.06 Å². The third-order valence-electron chi connectivity index (χ3n) is 2.90. The molecule has 0 saturated carbocycles. The minimum Gasteiger partial charge on any atom is -0.486 e. The minimum atomic E-state index is -0.718. The first kappa shape index (κ1) is 12.9. The van der Waals surface area contributed by atoms with Gasteiger partial charge in [-0.15, -0.1) is 11.3 Å². The van der Waals surface area contributed by atoms with Gasteiger partial charge in [-0.2, -0.15) is 0 Å². The van der Waals surface area contributed by atoms with Gasteiger partial charge >= 0.3 is 5.97 Å². The van der Waals surface area contributed by atoms with E-state index >= 15 is 0 Å². The molecule has 0 aliphatic carbocycles. The number of nitrogens with zero attached hydrogens (tertiary/aromatic N) is 1. The van der Waals surface area contributed by atoms with Crippen LogP contribution in [0.3, 0.4) is 0 Å². The van der Waals surface area contributed by atoms with Crippen LogP contribution in [-0.2, 0) is 11.3 Å². The van der Waals surface area contributed by atoms with Crippen molar-refractivity contribution in [1.82, 2.24) is 4.90 Å². The van der Waals surface area contributed by atoms with Gasteiger partial charge in [0.05, 0.1) is 11.6 Å². The summed E-state index contributed by atoms with van der Waals surface area (Å²) >= 11 is 4.98. The molecule has 2 rings (SSSR count). The highest BCUT2D eigenvalue weighted by Crippen LogP contribution is 2.36. The number of ether oxygens (including phenoxy) is 1. The summed E-state index contributed by atoms with van der Waals surface area (Å²) in [6.07, 6.45) is 1.71. The molecule has 1 aliphatic heterocycles. The van der Waals surface area contributed by atoms with Crippen molar-refractivity contribution in [3.8, 4) is 5.06 Å². The first-order valence-corrected chi connectivity index (χ1v) is 7.02. The zero-order chi connectivity index (χ0) is 12.4. The second kappa shape index (κ2) is 5.37. The molecule has 4 nitrogen and oxygen atoms in total. The number of hydrogen-bond donors (Lipinski definition) is 1. The quantitative estimate of drug-likeness (QED) is 0.926. The molecule has 1 saturated heterocycles. The third-order valence-corrected chi connectivity index (χ3v) is 4.83. The molecule has 0 unspecified atom stereocenters. The maximum absolute atomic E-state index is 11.1. The maximum Gasteiger partial charge on any atom is 0.320 e. The standard InChI is InChI=1S/C11H14BrNO3S/c1-16-11-8(12)5-7(17-11)6-13-4-2-3-9(13)10(14)15/h5,9H,2-4,6H2,1H3,(H,14,15)/t9-/m1/s1. The number of methoxy groups -OCH3 is 1. The van der Waals surface area contributed by atoms with Crippen molar-refractivity contribution in [2.75, 3.05) is 13.7 Å². The van der Waals surface area contributed by atoms with Gasteiger partial charge in [-0.25, -0.2) is 0 Å². The molecule has 94 valence electrons. The second-order valence-corrected chi connectivity index (χ2v) is 5.97. The van der Waals surface area contributed by atoms with E-state index in [0.717, 1.165) is 33.8 Å². The van der Waals surface area contributed by atoms with Gasteiger partial charge < -0.3 is 9.84 Å². The number of thiophene rings is 1. The largest absolute Gasteiger partial charge is 0.486 e. The topological polar surface area (TPSA) is 49.8 Å². The number of carbonyl (C=O) groups is 1. The SMILES string of the molecule is COc1sc(CN2CCC[C@@H]2C(=O)O)cc1Br. The minimum absolute atomic E-state index is 0.332. The Morgan fingerprint density at radius 1 is 1.76 bits per heavy atom. The summed E-state index contributed by atoms with van der Waals surface area (Å²) in [4.78, 5) is 14.2. The Bertz CT molecular complexity index is 421. The molecular weight excluding hydrogens is 306 g/mol. The van der Waals surface area contributed by atoms with Crippen LogP contribution in [0.25, 0.3) is 0 Å². The Balaban J connectivity index is 2.07. The van der Waals surface area contributed by atoms with Gasteiger partial charge in [-0.05, 0) is 41.4 Å². The molecule has 0 radical (unpaired) electrons. The molecule has 1 aromatic heterocycles. The van der Waals surface area contributed by atoms with Crippen LogP contribution >= 0.6 is 27.3 Å². The van der Waals surface area contributed by atoms with Crippen LogP contribution in [0.2, 0.25) is 0 Å². The lowest BCUT2D eigenvalue weighted by Gasteiger charge is -2.19. The van der Waals surface area contributed by atoms with Crippen molar-refractivity contribution in [3.63, 3.8) is 0 Å². The van der Waals surface area contributed by atoms with Gasteiger partial charge in [0.1, 0.15) is 6.04 Å². The van der Waals surface area contributed by atoms with Gasteiger partial charge in [0.25, 0.3) is 0 Å². The summed E-state index contributed by atoms with van der Waals surface area (Å²) in [5.74, 6) is -0.718. The summed E-state index contributed by atoms with van der Waals surface area (Å²) in [5.41, 5.74) is 0. The molecule has 1 N–H and O–H groups in total. The third kappa shape index (κ3) is 2.81. The van der Waals surface area contributed by atoms with E-state index in [4.69, 9.17) is 9.84 Å². The van der Waals surface area contributed by atoms with Gasteiger partial charge in [-0.3, -0.25) is 9.69 Å². The fourth-order valence-corrected chi connectivity index (χ4v) is 3.83. The summed E-state index contributed by atoms with van der Waals surface area (Å²) < 4.78 is 6.14. The first-order valence-electron chi connectivity index (χ1n) is 5.41. The molecule has 0 spiro atoms. The van der Waals surface area contributed by atoms with Crippen LogP contribution in [0.5, 0.6) is 5.06 Å². The average molecular weight is 320 g/mol. The summed E-state index contributed by atoms with van der Waals surface area (Å²) in [6, 6.07) is 1.67. The highest BCUT2D eigenvalue weighted by Gasteiger charge is 2.30. The molecule has 0 aromatic carbocycles. The zero-order valence-electron chi connectivity index (χ0n) is 9.48. The predicted molar refractivity (Wildman–Crippen MR) is 69.6 cm³/mol. The molecule has 1 atom stereocenters. The fraction of sp³-hybridized carbons (Fsp3) is 0.545. The molecule has 1 aliphatic rings. The van der Waals surface area contributed by atoms with Crippen LogP contribution in [-0.4, -0.2) is 35.7 Å². The molecule has 0 bridgehead atoms. The number of aliphatic carboxylic acids is 1. The predicted octanol–water partition coefficient (Wildman–Crippen LogP) is 2.57. The lowest BCUT2D eigenvalue weighted by molar-refractivity contribution is -0.142. The Hall–Kier alpha value is -0.590. The highest BCUT2D eigenvalue weighted by atomic mass is 79.9. The Morgan fingerprint density at radius 2 is 2.53 bits per heavy atom. The summed E-state index contributed by atoms with van der Waals surface area (Å²) in [7, 11) is 1.64. The average Bonchev–Trinajstić information content (AvgIpc) is 2.85. The van der Waals surface area contributed by atoms with Crippen molar-refractivity contribution in [3.05, 3.63) is 15.4 Å². The van der Waals surface area contributed by atoms with E-state index in [1.54, 1.807) is 18.4 Å². The van der Waals surface area contributed by atoms with Crippen LogP contribution in [0.4, 0.5) is 0 Å². The number of carboxylic acid groups (broad SMARTS) is 1. The fourth-order valence-electron chi connectivity index (χ4n) is 2.11. The first-order chi connectivity index (χ1) is 8.11. The van der Waals surface area contributed by atoms with E-state index in [1.807, 2.05) is 11.0 Å². The lowest BCUT2D eigenvalue weighted by Crippen LogP contribution is -2.35. The van der Waals surface area contributed by atoms with Crippen LogP contribution < -0.4 is 4.74 Å². The molecule has 1 aromatic rings. The highest BCUT2D eigenvalue weighted by molar-refractivity contribution is 9.10. The summed E-state index contributed by atoms with van der Waals surface area (Å²) in [6.45, 7) is 1.54. The van der Waals surface area contributed by atoms with E-state index in [0.29, 0.717) is 6.54 Å². The van der Waals surface area contributed by atoms with E-state index in [9.17, 15) is 4.79 Å². The van der Waals surface area contributed by atoms with Crippen molar-refractivity contribution < 1.29 is 14.6 Å². The number of carboxylic acids is 1. The van der Waals surface area contributed by atoms with Crippen molar-refractivity contribution in [2.24, 2.45) is 0 Å².